The zero-order chi connectivity index (χ0) is 21.5. The van der Waals surface area contributed by atoms with Gasteiger partial charge < -0.3 is 18.9 Å². The van der Waals surface area contributed by atoms with Gasteiger partial charge in [-0.1, -0.05) is 45.1 Å². The van der Waals surface area contributed by atoms with Gasteiger partial charge in [-0.3, -0.25) is 4.79 Å². The third kappa shape index (κ3) is 9.85. The van der Waals surface area contributed by atoms with Crippen LogP contribution in [0.2, 0.25) is 0 Å². The lowest BCUT2D eigenvalue weighted by Gasteiger charge is -2.36. The first kappa shape index (κ1) is 26.8. The van der Waals surface area contributed by atoms with E-state index in [4.69, 9.17) is 18.9 Å². The van der Waals surface area contributed by atoms with Crippen LogP contribution >= 0.6 is 0 Å². The summed E-state index contributed by atoms with van der Waals surface area (Å²) in [7, 11) is 3.34. The van der Waals surface area contributed by atoms with Crippen LogP contribution in [-0.2, 0) is 23.7 Å². The van der Waals surface area contributed by atoms with Crippen LogP contribution in [0.5, 0.6) is 0 Å². The summed E-state index contributed by atoms with van der Waals surface area (Å²) in [5.41, 5.74) is 0. The van der Waals surface area contributed by atoms with Gasteiger partial charge in [-0.2, -0.15) is 0 Å². The van der Waals surface area contributed by atoms with Gasteiger partial charge in [0.05, 0.1) is 12.2 Å². The number of carbonyl (C=O) groups excluding carboxylic acids is 1. The lowest BCUT2D eigenvalue weighted by Crippen LogP contribution is -2.41. The molecule has 5 nitrogen and oxygen atoms in total. The fraction of sp³-hybridized carbons (Fsp3) is 0.783. The molecule has 5 heteroatoms. The van der Waals surface area contributed by atoms with Crippen molar-refractivity contribution >= 4 is 5.97 Å². The molecular formula is C23H42O5. The number of hydrogen-bond donors (Lipinski definition) is 0. The molecule has 0 aliphatic heterocycles. The van der Waals surface area contributed by atoms with E-state index in [-0.39, 0.29) is 42.9 Å². The molecule has 0 bridgehead atoms. The minimum atomic E-state index is -0.295. The van der Waals surface area contributed by atoms with Crippen LogP contribution in [0.25, 0.3) is 0 Å². The van der Waals surface area contributed by atoms with Gasteiger partial charge in [0.25, 0.3) is 0 Å². The van der Waals surface area contributed by atoms with Gasteiger partial charge in [0.15, 0.2) is 0 Å². The predicted molar refractivity (Wildman–Crippen MR) is 114 cm³/mol. The normalized spacial score (nSPS) is 18.7. The Morgan fingerprint density at radius 1 is 1.07 bits per heavy atom. The van der Waals surface area contributed by atoms with Crippen LogP contribution in [0.1, 0.15) is 60.8 Å². The summed E-state index contributed by atoms with van der Waals surface area (Å²) in [6, 6.07) is 0. The highest BCUT2D eigenvalue weighted by atomic mass is 16.7. The molecule has 0 aromatic rings. The standard InChI is InChI=1S/C23H42O5/c1-9-12-14-17(4)23(26-8)18(5)21(28-19(6)24)15-22(27-16-25-7)20(11-3)13-10-2/h9-10,12-13,17-18,20-23H,11,14-16H2,1-8H3/b12-9+,13-10+/t17-,18-,20+,21+,22+,23+/m0/s1. The van der Waals surface area contributed by atoms with Crippen molar-refractivity contribution in [2.24, 2.45) is 17.8 Å². The van der Waals surface area contributed by atoms with Crippen molar-refractivity contribution in [2.45, 2.75) is 79.1 Å². The van der Waals surface area contributed by atoms with E-state index in [1.54, 1.807) is 14.2 Å². The van der Waals surface area contributed by atoms with Crippen molar-refractivity contribution in [3.05, 3.63) is 24.3 Å². The van der Waals surface area contributed by atoms with Gasteiger partial charge in [-0.25, -0.2) is 0 Å². The Hall–Kier alpha value is -1.17. The molecule has 0 aliphatic carbocycles. The zero-order valence-electron chi connectivity index (χ0n) is 19.1. The Bertz CT molecular complexity index is 460. The van der Waals surface area contributed by atoms with Gasteiger partial charge in [0.2, 0.25) is 0 Å². The predicted octanol–water partition coefficient (Wildman–Crippen LogP) is 5.15. The average Bonchev–Trinajstić information content (AvgIpc) is 2.67. The third-order valence-corrected chi connectivity index (χ3v) is 5.25. The first-order chi connectivity index (χ1) is 13.4. The first-order valence-corrected chi connectivity index (χ1v) is 10.4. The summed E-state index contributed by atoms with van der Waals surface area (Å²) in [5, 5.41) is 0. The van der Waals surface area contributed by atoms with E-state index in [9.17, 15) is 4.79 Å². The number of allylic oxidation sites excluding steroid dienone is 3. The molecular weight excluding hydrogens is 356 g/mol. The van der Waals surface area contributed by atoms with E-state index < -0.39 is 0 Å². The van der Waals surface area contributed by atoms with Gasteiger partial charge >= 0.3 is 5.97 Å². The second-order valence-electron chi connectivity index (χ2n) is 7.43. The van der Waals surface area contributed by atoms with Gasteiger partial charge in [-0.05, 0) is 32.6 Å². The zero-order valence-corrected chi connectivity index (χ0v) is 19.1. The van der Waals surface area contributed by atoms with E-state index in [1.807, 2.05) is 19.9 Å². The minimum absolute atomic E-state index is 0.0228. The molecule has 0 saturated heterocycles. The largest absolute Gasteiger partial charge is 0.462 e. The van der Waals surface area contributed by atoms with E-state index in [1.165, 1.54) is 6.92 Å². The van der Waals surface area contributed by atoms with E-state index >= 15 is 0 Å². The maximum Gasteiger partial charge on any atom is 0.302 e. The summed E-state index contributed by atoms with van der Waals surface area (Å²) in [4.78, 5) is 11.8. The monoisotopic (exact) mass is 398 g/mol. The molecule has 0 aromatic carbocycles. The molecule has 0 aromatic heterocycles. The first-order valence-electron chi connectivity index (χ1n) is 10.4. The van der Waals surface area contributed by atoms with Crippen molar-refractivity contribution in [1.82, 2.24) is 0 Å². The van der Waals surface area contributed by atoms with Gasteiger partial charge in [-0.15, -0.1) is 0 Å². The smallest absolute Gasteiger partial charge is 0.302 e. The van der Waals surface area contributed by atoms with E-state index in [0.717, 1.165) is 12.8 Å². The Balaban J connectivity index is 5.54. The molecule has 0 fully saturated rings. The molecule has 0 aliphatic rings. The van der Waals surface area contributed by atoms with Crippen LogP contribution < -0.4 is 0 Å². The van der Waals surface area contributed by atoms with Crippen LogP contribution in [0.3, 0.4) is 0 Å². The summed E-state index contributed by atoms with van der Waals surface area (Å²) < 4.78 is 22.7. The SMILES string of the molecule is C/C=C/C[C@H](C)[C@@H](OC)[C@@H](C)[C@@H](C[C@@H](OCOC)[C@@H](/C=C/C)CC)OC(C)=O. The Kier molecular flexibility index (Phi) is 15.1. The highest BCUT2D eigenvalue weighted by molar-refractivity contribution is 5.66. The summed E-state index contributed by atoms with van der Waals surface area (Å²) in [5.74, 6) is 0.292. The fourth-order valence-electron chi connectivity index (χ4n) is 3.77. The number of ether oxygens (including phenoxy) is 4. The molecule has 0 amide bonds. The molecule has 0 rings (SSSR count). The third-order valence-electron chi connectivity index (χ3n) is 5.25. The number of hydrogen-bond acceptors (Lipinski definition) is 5. The van der Waals surface area contributed by atoms with Crippen molar-refractivity contribution < 1.29 is 23.7 Å². The van der Waals surface area contributed by atoms with Crippen molar-refractivity contribution in [1.29, 1.82) is 0 Å². The molecule has 0 N–H and O–H groups in total. The maximum atomic E-state index is 11.8. The Morgan fingerprint density at radius 2 is 1.75 bits per heavy atom. The van der Waals surface area contributed by atoms with Crippen LogP contribution in [0.15, 0.2) is 24.3 Å². The lowest BCUT2D eigenvalue weighted by molar-refractivity contribution is -0.159. The van der Waals surface area contributed by atoms with E-state index in [2.05, 4.69) is 39.0 Å². The fourth-order valence-corrected chi connectivity index (χ4v) is 3.77. The van der Waals surface area contributed by atoms with Crippen molar-refractivity contribution in [3.8, 4) is 0 Å². The van der Waals surface area contributed by atoms with Gasteiger partial charge in [0.1, 0.15) is 12.9 Å². The van der Waals surface area contributed by atoms with Crippen molar-refractivity contribution in [2.75, 3.05) is 21.0 Å². The Labute approximate surface area is 172 Å². The second kappa shape index (κ2) is 15.7. The average molecular weight is 399 g/mol. The second-order valence-corrected chi connectivity index (χ2v) is 7.43. The molecule has 164 valence electrons. The molecule has 6 atom stereocenters. The van der Waals surface area contributed by atoms with Crippen LogP contribution in [0.4, 0.5) is 0 Å². The molecule has 0 spiro atoms. The molecule has 28 heavy (non-hydrogen) atoms. The molecule has 0 radical (unpaired) electrons. The molecule has 0 saturated carbocycles. The van der Waals surface area contributed by atoms with Crippen molar-refractivity contribution in [3.63, 3.8) is 0 Å². The number of esters is 1. The lowest BCUT2D eigenvalue weighted by atomic mass is 9.83. The summed E-state index contributed by atoms with van der Waals surface area (Å²) >= 11 is 0. The summed E-state index contributed by atoms with van der Waals surface area (Å²) in [6.07, 6.45) is 10.4. The van der Waals surface area contributed by atoms with Gasteiger partial charge in [0, 0.05) is 39.4 Å². The topological polar surface area (TPSA) is 54.0 Å². The van der Waals surface area contributed by atoms with Crippen LogP contribution in [0, 0.1) is 17.8 Å². The Morgan fingerprint density at radius 3 is 2.21 bits per heavy atom. The maximum absolute atomic E-state index is 11.8. The summed E-state index contributed by atoms with van der Waals surface area (Å²) in [6.45, 7) is 12.1. The van der Waals surface area contributed by atoms with Crippen LogP contribution in [-0.4, -0.2) is 45.3 Å². The number of carbonyl (C=O) groups is 1. The quantitative estimate of drug-likeness (QED) is 0.217. The van der Waals surface area contributed by atoms with E-state index in [0.29, 0.717) is 12.3 Å². The minimum Gasteiger partial charge on any atom is -0.462 e. The molecule has 0 unspecified atom stereocenters. The number of methoxy groups -OCH3 is 2. The highest BCUT2D eigenvalue weighted by Gasteiger charge is 2.34. The highest BCUT2D eigenvalue weighted by Crippen LogP contribution is 2.29. The molecule has 0 heterocycles. The number of rotatable bonds is 15.